The molecular formula is C39H44N4O6. The van der Waals surface area contributed by atoms with Crippen molar-refractivity contribution in [3.63, 3.8) is 0 Å². The highest BCUT2D eigenvalue weighted by molar-refractivity contribution is 6.02. The van der Waals surface area contributed by atoms with Crippen molar-refractivity contribution in [2.24, 2.45) is 22.9 Å². The summed E-state index contributed by atoms with van der Waals surface area (Å²) < 4.78 is 8.48. The Labute approximate surface area is 286 Å². The molecule has 0 amide bonds. The van der Waals surface area contributed by atoms with Crippen LogP contribution in [0.15, 0.2) is 102 Å². The maximum absolute atomic E-state index is 13.1. The van der Waals surface area contributed by atoms with Gasteiger partial charge in [-0.15, -0.1) is 5.10 Å². The summed E-state index contributed by atoms with van der Waals surface area (Å²) in [7, 11) is 0. The van der Waals surface area contributed by atoms with Gasteiger partial charge in [-0.1, -0.05) is 90.0 Å². The average Bonchev–Trinajstić information content (AvgIpc) is 3.61. The first-order chi connectivity index (χ1) is 24.0. The van der Waals surface area contributed by atoms with E-state index in [-0.39, 0.29) is 49.7 Å². The third-order valence-electron chi connectivity index (χ3n) is 10.4. The van der Waals surface area contributed by atoms with Gasteiger partial charge in [0.15, 0.2) is 0 Å². The average molecular weight is 665 g/mol. The first kappa shape index (κ1) is 33.0. The molecule has 0 unspecified atom stereocenters. The summed E-state index contributed by atoms with van der Waals surface area (Å²) in [5.41, 5.74) is 5.06. The van der Waals surface area contributed by atoms with E-state index >= 15 is 0 Å². The number of phenolic OH excluding ortho intramolecular Hbond substituents is 1. The van der Waals surface area contributed by atoms with Crippen molar-refractivity contribution >= 4 is 5.71 Å². The molecule has 6 atom stereocenters. The van der Waals surface area contributed by atoms with Crippen LogP contribution >= 0.6 is 0 Å². The van der Waals surface area contributed by atoms with E-state index in [2.05, 4.69) is 16.4 Å². The van der Waals surface area contributed by atoms with E-state index in [0.717, 1.165) is 53.6 Å². The zero-order chi connectivity index (χ0) is 33.8. The van der Waals surface area contributed by atoms with Gasteiger partial charge in [-0.3, -0.25) is 0 Å². The van der Waals surface area contributed by atoms with Crippen LogP contribution in [0.25, 0.3) is 11.3 Å². The van der Waals surface area contributed by atoms with Gasteiger partial charge >= 0.3 is 0 Å². The van der Waals surface area contributed by atoms with Gasteiger partial charge in [0.05, 0.1) is 23.5 Å². The molecule has 2 heterocycles. The van der Waals surface area contributed by atoms with Crippen LogP contribution in [0.4, 0.5) is 0 Å². The molecule has 0 saturated heterocycles. The van der Waals surface area contributed by atoms with Crippen LogP contribution in [0.5, 0.6) is 11.5 Å². The van der Waals surface area contributed by atoms with Gasteiger partial charge in [-0.05, 0) is 66.9 Å². The number of nitrogens with zero attached hydrogens (tertiary/aromatic N) is 4. The minimum absolute atomic E-state index is 0.0598. The molecule has 4 aromatic rings. The second-order valence-electron chi connectivity index (χ2n) is 13.4. The second kappa shape index (κ2) is 14.5. The summed E-state index contributed by atoms with van der Waals surface area (Å²) >= 11 is 0. The Balaban J connectivity index is 1.39. The van der Waals surface area contributed by atoms with E-state index < -0.39 is 17.7 Å². The lowest BCUT2D eigenvalue weighted by molar-refractivity contribution is -0.224. The van der Waals surface area contributed by atoms with E-state index in [1.807, 2.05) is 60.7 Å². The van der Waals surface area contributed by atoms with E-state index in [4.69, 9.17) is 14.7 Å². The Bertz CT molecular complexity index is 1780. The highest BCUT2D eigenvalue weighted by atomic mass is 16.6. The Morgan fingerprint density at radius 1 is 0.918 bits per heavy atom. The van der Waals surface area contributed by atoms with Crippen molar-refractivity contribution in [2.45, 2.75) is 69.3 Å². The van der Waals surface area contributed by atoms with E-state index in [1.165, 1.54) is 0 Å². The molecule has 10 nitrogen and oxygen atoms in total. The zero-order valence-corrected chi connectivity index (χ0v) is 27.5. The summed E-state index contributed by atoms with van der Waals surface area (Å²) in [5, 5.41) is 56.9. The van der Waals surface area contributed by atoms with Gasteiger partial charge in [-0.25, -0.2) is 4.68 Å². The summed E-state index contributed by atoms with van der Waals surface area (Å²) in [6.45, 7) is 0.516. The minimum atomic E-state index is -1.75. The lowest BCUT2D eigenvalue weighted by Gasteiger charge is -2.56. The summed E-state index contributed by atoms with van der Waals surface area (Å²) in [4.78, 5) is 6.05. The Morgan fingerprint density at radius 2 is 1.65 bits per heavy atom. The van der Waals surface area contributed by atoms with Crippen molar-refractivity contribution in [2.75, 3.05) is 13.2 Å². The van der Waals surface area contributed by atoms with Gasteiger partial charge in [0.25, 0.3) is 0 Å². The molecule has 49 heavy (non-hydrogen) atoms. The number of aromatic hydroxyl groups is 1. The second-order valence-corrected chi connectivity index (χ2v) is 13.4. The highest BCUT2D eigenvalue weighted by Gasteiger charge is 2.63. The SMILES string of the molecule is OCCCC[C@H]1[C@@H]2c3cc(O)ccc3O[C@@]3(O)[C@@H]2C(=C[C@@H]1CCCCO)C(=NOCc1ccccc1)C[C@@H]3n1nncc1-c1ccccc1. The van der Waals surface area contributed by atoms with Crippen molar-refractivity contribution in [1.82, 2.24) is 15.0 Å². The van der Waals surface area contributed by atoms with Crippen LogP contribution in [0.1, 0.15) is 68.0 Å². The number of rotatable bonds is 13. The highest BCUT2D eigenvalue weighted by Crippen LogP contribution is 2.62. The number of hydrogen-bond acceptors (Lipinski definition) is 9. The molecule has 1 aromatic heterocycles. The Morgan fingerprint density at radius 3 is 2.41 bits per heavy atom. The molecule has 1 saturated carbocycles. The smallest absolute Gasteiger partial charge is 0.238 e. The molecule has 0 spiro atoms. The molecule has 2 aliphatic carbocycles. The largest absolute Gasteiger partial charge is 0.508 e. The molecular weight excluding hydrogens is 620 g/mol. The van der Waals surface area contributed by atoms with Crippen molar-refractivity contribution in [1.29, 1.82) is 0 Å². The number of ether oxygens (including phenoxy) is 1. The maximum Gasteiger partial charge on any atom is 0.238 e. The zero-order valence-electron chi connectivity index (χ0n) is 27.5. The number of benzene rings is 3. The third kappa shape index (κ3) is 6.48. The minimum Gasteiger partial charge on any atom is -0.508 e. The number of oxime groups is 1. The summed E-state index contributed by atoms with van der Waals surface area (Å²) in [6, 6.07) is 24.1. The fourth-order valence-corrected chi connectivity index (χ4v) is 8.26. The molecule has 0 radical (unpaired) electrons. The topological polar surface area (TPSA) is 142 Å². The molecule has 7 rings (SSSR count). The lowest BCUT2D eigenvalue weighted by atomic mass is 9.55. The van der Waals surface area contributed by atoms with Gasteiger partial charge in [-0.2, -0.15) is 0 Å². The summed E-state index contributed by atoms with van der Waals surface area (Å²) in [5.74, 6) is -1.75. The number of unbranched alkanes of at least 4 members (excludes halogenated alkanes) is 2. The van der Waals surface area contributed by atoms with Gasteiger partial charge in [0.1, 0.15) is 24.1 Å². The molecule has 0 bridgehead atoms. The lowest BCUT2D eigenvalue weighted by Crippen LogP contribution is -2.62. The van der Waals surface area contributed by atoms with Gasteiger partial charge < -0.3 is 30.0 Å². The number of allylic oxidation sites excluding steroid dienone is 1. The van der Waals surface area contributed by atoms with Gasteiger partial charge in [0, 0.05) is 36.7 Å². The van der Waals surface area contributed by atoms with Crippen LogP contribution in [-0.4, -0.2) is 60.1 Å². The Hall–Kier alpha value is -4.51. The number of phenols is 1. The van der Waals surface area contributed by atoms with Crippen LogP contribution in [0.2, 0.25) is 0 Å². The molecule has 256 valence electrons. The molecule has 3 aliphatic rings. The van der Waals surface area contributed by atoms with Crippen molar-refractivity contribution < 1.29 is 30.0 Å². The van der Waals surface area contributed by atoms with Crippen LogP contribution in [0.3, 0.4) is 0 Å². The first-order valence-electron chi connectivity index (χ1n) is 17.4. The van der Waals surface area contributed by atoms with Gasteiger partial charge in [0.2, 0.25) is 5.79 Å². The fourth-order valence-electron chi connectivity index (χ4n) is 8.26. The van der Waals surface area contributed by atoms with Crippen LogP contribution in [0, 0.1) is 17.8 Å². The normalized spacial score (nSPS) is 26.4. The predicted octanol–water partition coefficient (Wildman–Crippen LogP) is 6.15. The number of aliphatic hydroxyl groups excluding tert-OH is 2. The molecule has 10 heteroatoms. The number of fused-ring (bicyclic) bond motifs is 2. The molecule has 1 fully saturated rings. The standard InChI is InChI=1S/C39H44N4O6/c44-19-9-7-15-28-21-31-33(41-48-25-26-11-3-1-4-12-26)23-36(43-34(24-40-42-43)27-13-5-2-6-14-27)39(47)38(31)37(30(28)16-8-10-20-45)32-22-29(46)17-18-35(32)49-39/h1-6,11-14,17-18,21-22,24,28,30,36-38,44-47H,7-10,15-16,19-20,23,25H2/t28-,30+,36-,37+,38+,39+/m0/s1. The fraction of sp³-hybridized carbons (Fsp3) is 0.410. The van der Waals surface area contributed by atoms with E-state index in [1.54, 1.807) is 29.1 Å². The third-order valence-corrected chi connectivity index (χ3v) is 10.4. The molecule has 4 N–H and O–H groups in total. The van der Waals surface area contributed by atoms with Crippen molar-refractivity contribution in [3.8, 4) is 22.8 Å². The monoisotopic (exact) mass is 664 g/mol. The van der Waals surface area contributed by atoms with Crippen molar-refractivity contribution in [3.05, 3.63) is 108 Å². The summed E-state index contributed by atoms with van der Waals surface area (Å²) in [6.07, 6.45) is 8.89. The van der Waals surface area contributed by atoms with E-state index in [0.29, 0.717) is 24.3 Å². The number of aromatic nitrogens is 3. The molecule has 3 aromatic carbocycles. The Kier molecular flexibility index (Phi) is 9.79. The predicted molar refractivity (Wildman–Crippen MR) is 185 cm³/mol. The van der Waals surface area contributed by atoms with E-state index in [9.17, 15) is 20.4 Å². The van der Waals surface area contributed by atoms with Crippen LogP contribution < -0.4 is 4.74 Å². The first-order valence-corrected chi connectivity index (χ1v) is 17.4. The molecule has 1 aliphatic heterocycles. The number of aliphatic hydroxyl groups is 3. The quantitative estimate of drug-likeness (QED) is 0.0986. The number of hydrogen-bond donors (Lipinski definition) is 4. The van der Waals surface area contributed by atoms with Crippen LogP contribution in [-0.2, 0) is 11.4 Å². The maximum atomic E-state index is 13.1.